The molecule has 0 saturated heterocycles. The molecule has 0 aliphatic rings. The van der Waals surface area contributed by atoms with Crippen LogP contribution < -0.4 is 10.2 Å². The molecule has 0 saturated carbocycles. The zero-order valence-electron chi connectivity index (χ0n) is 24.2. The van der Waals surface area contributed by atoms with Crippen LogP contribution in [0.1, 0.15) is 89.0 Å². The molecule has 3 aromatic carbocycles. The SMILES string of the molecule is CCCCC(C=Nc1cccc(CC)c1)=Nc1cccc(CC)c1.CCCCc1ccc(CC)c([O-])c1[O-].[Ni+2]. The Morgan fingerprint density at radius 3 is 1.85 bits per heavy atom. The summed E-state index contributed by atoms with van der Waals surface area (Å²) in [6.45, 7) is 10.5. The maximum absolute atomic E-state index is 11.5. The summed E-state index contributed by atoms with van der Waals surface area (Å²) in [6.07, 6.45) is 10.6. The molecule has 0 aliphatic heterocycles. The van der Waals surface area contributed by atoms with Crippen LogP contribution in [0.15, 0.2) is 70.6 Å². The molecule has 0 radical (unpaired) electrons. The van der Waals surface area contributed by atoms with E-state index in [1.54, 1.807) is 12.1 Å². The fraction of sp³-hybridized carbons (Fsp3) is 0.412. The van der Waals surface area contributed by atoms with Gasteiger partial charge in [0.05, 0.1) is 17.1 Å². The molecule has 0 bridgehead atoms. The first-order valence-electron chi connectivity index (χ1n) is 14.2. The Balaban J connectivity index is 0.000000434. The summed E-state index contributed by atoms with van der Waals surface area (Å²) in [6, 6.07) is 20.4. The van der Waals surface area contributed by atoms with Crippen LogP contribution in [0, 0.1) is 0 Å². The van der Waals surface area contributed by atoms with Gasteiger partial charge >= 0.3 is 16.5 Å². The normalized spacial score (nSPS) is 11.2. The van der Waals surface area contributed by atoms with Crippen molar-refractivity contribution >= 4 is 23.3 Å². The van der Waals surface area contributed by atoms with Gasteiger partial charge in [-0.2, -0.15) is 0 Å². The molecule has 39 heavy (non-hydrogen) atoms. The maximum Gasteiger partial charge on any atom is 2.00 e. The van der Waals surface area contributed by atoms with E-state index in [1.807, 2.05) is 19.2 Å². The first kappa shape index (κ1) is 34.1. The van der Waals surface area contributed by atoms with E-state index >= 15 is 0 Å². The number of rotatable bonds is 12. The third-order valence-corrected chi connectivity index (χ3v) is 6.52. The molecule has 0 fully saturated rings. The molecular formula is C34H44N2NiO2. The van der Waals surface area contributed by atoms with E-state index in [0.717, 1.165) is 68.5 Å². The van der Waals surface area contributed by atoms with Crippen LogP contribution in [0.3, 0.4) is 0 Å². The topological polar surface area (TPSA) is 70.8 Å². The molecule has 0 heterocycles. The number of unbranched alkanes of at least 4 members (excludes halogenated alkanes) is 2. The van der Waals surface area contributed by atoms with Crippen molar-refractivity contribution in [2.45, 2.75) is 92.4 Å². The predicted molar refractivity (Wildman–Crippen MR) is 160 cm³/mol. The molecule has 0 aliphatic carbocycles. The van der Waals surface area contributed by atoms with Crippen LogP contribution in [-0.4, -0.2) is 11.9 Å². The van der Waals surface area contributed by atoms with Gasteiger partial charge in [0.25, 0.3) is 0 Å². The van der Waals surface area contributed by atoms with Gasteiger partial charge in [-0.25, -0.2) is 0 Å². The van der Waals surface area contributed by atoms with Crippen molar-refractivity contribution in [3.8, 4) is 11.5 Å². The minimum Gasteiger partial charge on any atom is -0.873 e. The van der Waals surface area contributed by atoms with Crippen LogP contribution in [-0.2, 0) is 42.2 Å². The molecule has 4 nitrogen and oxygen atoms in total. The number of aryl methyl sites for hydroxylation is 4. The molecule has 0 unspecified atom stereocenters. The second-order valence-electron chi connectivity index (χ2n) is 9.51. The molecule has 0 spiro atoms. The van der Waals surface area contributed by atoms with Crippen molar-refractivity contribution < 1.29 is 26.7 Å². The Kier molecular flexibility index (Phi) is 16.8. The Bertz CT molecular complexity index is 1190. The zero-order valence-corrected chi connectivity index (χ0v) is 25.2. The van der Waals surface area contributed by atoms with E-state index in [2.05, 4.69) is 75.2 Å². The summed E-state index contributed by atoms with van der Waals surface area (Å²) in [5, 5.41) is 23.0. The summed E-state index contributed by atoms with van der Waals surface area (Å²) in [4.78, 5) is 9.48. The largest absolute Gasteiger partial charge is 2.00 e. The third kappa shape index (κ3) is 11.8. The number of nitrogens with zero attached hydrogens (tertiary/aromatic N) is 2. The van der Waals surface area contributed by atoms with Crippen molar-refractivity contribution in [1.29, 1.82) is 0 Å². The van der Waals surface area contributed by atoms with Gasteiger partial charge in [0.1, 0.15) is 0 Å². The van der Waals surface area contributed by atoms with Crippen molar-refractivity contribution in [2.75, 3.05) is 0 Å². The number of hydrogen-bond donors (Lipinski definition) is 0. The van der Waals surface area contributed by atoms with Crippen LogP contribution in [0.5, 0.6) is 11.5 Å². The summed E-state index contributed by atoms with van der Waals surface area (Å²) in [5.74, 6) is -0.598. The molecule has 0 atom stereocenters. The van der Waals surface area contributed by atoms with Crippen LogP contribution in [0.4, 0.5) is 11.4 Å². The summed E-state index contributed by atoms with van der Waals surface area (Å²) >= 11 is 0. The van der Waals surface area contributed by atoms with Crippen molar-refractivity contribution in [3.05, 3.63) is 82.9 Å². The molecular weight excluding hydrogens is 527 g/mol. The van der Waals surface area contributed by atoms with Crippen molar-refractivity contribution in [1.82, 2.24) is 0 Å². The van der Waals surface area contributed by atoms with Crippen molar-refractivity contribution in [2.24, 2.45) is 9.98 Å². The Labute approximate surface area is 246 Å². The number of benzene rings is 3. The second kappa shape index (κ2) is 19.2. The quantitative estimate of drug-likeness (QED) is 0.162. The van der Waals surface area contributed by atoms with Gasteiger partial charge in [-0.3, -0.25) is 9.98 Å². The van der Waals surface area contributed by atoms with E-state index < -0.39 is 0 Å². The molecule has 0 amide bonds. The fourth-order valence-electron chi connectivity index (χ4n) is 4.01. The third-order valence-electron chi connectivity index (χ3n) is 6.52. The minimum atomic E-state index is -0.305. The van der Waals surface area contributed by atoms with E-state index in [0.29, 0.717) is 17.5 Å². The summed E-state index contributed by atoms with van der Waals surface area (Å²) < 4.78 is 0. The standard InChI is InChI=1S/C22H28N2.C12H18O2.Ni/c1-4-7-12-22(24-21-14-9-11-19(6-3)16-21)17-23-20-13-8-10-18(5-2)15-20;1-3-5-6-10-8-7-9(4-2)11(13)12(10)14;/h8-11,13-17H,4-7,12H2,1-3H3;7-8,13-14H,3-6H2,1-2H3;/q;;+2/p-2. The maximum atomic E-state index is 11.5. The first-order valence-corrected chi connectivity index (χ1v) is 14.2. The number of aliphatic imine (C=N–C) groups is 2. The van der Waals surface area contributed by atoms with Crippen LogP contribution in [0.25, 0.3) is 0 Å². The smallest absolute Gasteiger partial charge is 0.873 e. The van der Waals surface area contributed by atoms with Crippen molar-refractivity contribution in [3.63, 3.8) is 0 Å². The summed E-state index contributed by atoms with van der Waals surface area (Å²) in [5.41, 5.74) is 7.01. The molecule has 212 valence electrons. The molecule has 3 rings (SSSR count). The van der Waals surface area contributed by atoms with Gasteiger partial charge in [-0.1, -0.05) is 95.0 Å². The average Bonchev–Trinajstić information content (AvgIpc) is 2.95. The zero-order chi connectivity index (χ0) is 27.8. The van der Waals surface area contributed by atoms with E-state index in [1.165, 1.54) is 11.1 Å². The van der Waals surface area contributed by atoms with Crippen LogP contribution in [0.2, 0.25) is 0 Å². The number of hydrogen-bond acceptors (Lipinski definition) is 4. The van der Waals surface area contributed by atoms with E-state index in [9.17, 15) is 10.2 Å². The van der Waals surface area contributed by atoms with Gasteiger partial charge in [0.15, 0.2) is 0 Å². The molecule has 0 aromatic heterocycles. The van der Waals surface area contributed by atoms with Crippen LogP contribution >= 0.6 is 0 Å². The summed E-state index contributed by atoms with van der Waals surface area (Å²) in [7, 11) is 0. The van der Waals surface area contributed by atoms with Gasteiger partial charge < -0.3 is 10.2 Å². The predicted octanol–water partition coefficient (Wildman–Crippen LogP) is 8.21. The van der Waals surface area contributed by atoms with Gasteiger partial charge in [0.2, 0.25) is 0 Å². The Morgan fingerprint density at radius 2 is 1.26 bits per heavy atom. The molecule has 5 heteroatoms. The Morgan fingerprint density at radius 1 is 0.692 bits per heavy atom. The molecule has 3 aromatic rings. The van der Waals surface area contributed by atoms with Gasteiger partial charge in [-0.05, 0) is 80.3 Å². The fourth-order valence-corrected chi connectivity index (χ4v) is 4.01. The monoisotopic (exact) mass is 570 g/mol. The Hall–Kier alpha value is -2.91. The average molecular weight is 571 g/mol. The molecule has 0 N–H and O–H groups in total. The van der Waals surface area contributed by atoms with Gasteiger partial charge in [0, 0.05) is 6.21 Å². The second-order valence-corrected chi connectivity index (χ2v) is 9.51. The van der Waals surface area contributed by atoms with Gasteiger partial charge in [-0.15, -0.1) is 11.5 Å². The first-order chi connectivity index (χ1) is 18.4. The minimum absolute atomic E-state index is 0. The van der Waals surface area contributed by atoms with E-state index in [4.69, 9.17) is 4.99 Å². The van der Waals surface area contributed by atoms with E-state index in [-0.39, 0.29) is 28.0 Å².